The number of hydrogen-bond donors (Lipinski definition) is 1. The maximum absolute atomic E-state index is 6.52. The average molecular weight is 364 g/mol. The molecule has 3 rings (SSSR count). The maximum atomic E-state index is 6.52. The summed E-state index contributed by atoms with van der Waals surface area (Å²) in [6.45, 7) is 0. The van der Waals surface area contributed by atoms with Gasteiger partial charge in [-0.1, -0.05) is 18.2 Å². The molecule has 0 radical (unpaired) electrons. The fraction of sp³-hybridized carbons (Fsp3) is 0.294. The van der Waals surface area contributed by atoms with Crippen molar-refractivity contribution in [1.82, 2.24) is 0 Å². The number of thioether (sulfide) groups is 1. The second kappa shape index (κ2) is 6.42. The van der Waals surface area contributed by atoms with E-state index in [9.17, 15) is 0 Å². The number of aryl methyl sites for hydroxylation is 1. The molecule has 110 valence electrons. The van der Waals surface area contributed by atoms with Crippen LogP contribution in [0, 0.1) is 0 Å². The van der Waals surface area contributed by atoms with Gasteiger partial charge in [-0.05, 0) is 64.2 Å². The molecule has 2 atom stereocenters. The number of halogens is 1. The Bertz CT molecular complexity index is 646. The lowest BCUT2D eigenvalue weighted by Crippen LogP contribution is -2.29. The molecule has 2 nitrogen and oxygen atoms in total. The number of benzene rings is 2. The van der Waals surface area contributed by atoms with Crippen LogP contribution in [0.4, 0.5) is 0 Å². The summed E-state index contributed by atoms with van der Waals surface area (Å²) in [5.74, 6) is 0.885. The molecule has 2 unspecified atom stereocenters. The highest BCUT2D eigenvalue weighted by Gasteiger charge is 2.28. The Hall–Kier alpha value is -0.970. The molecule has 21 heavy (non-hydrogen) atoms. The first-order valence-corrected chi connectivity index (χ1v) is 8.70. The lowest BCUT2D eigenvalue weighted by atomic mass is 9.87. The molecular weight excluding hydrogens is 346 g/mol. The van der Waals surface area contributed by atoms with Crippen LogP contribution >= 0.6 is 27.7 Å². The number of methoxy groups -OCH3 is 1. The molecule has 0 heterocycles. The van der Waals surface area contributed by atoms with Crippen LogP contribution in [0.15, 0.2) is 51.8 Å². The molecule has 0 fully saturated rings. The minimum Gasteiger partial charge on any atom is -0.497 e. The van der Waals surface area contributed by atoms with E-state index in [4.69, 9.17) is 10.5 Å². The van der Waals surface area contributed by atoms with Gasteiger partial charge in [0.15, 0.2) is 0 Å². The normalized spacial score (nSPS) is 20.9. The summed E-state index contributed by atoms with van der Waals surface area (Å²) in [6.07, 6.45) is 2.18. The van der Waals surface area contributed by atoms with Crippen LogP contribution in [0.1, 0.15) is 23.6 Å². The average Bonchev–Trinajstić information content (AvgIpc) is 2.52. The van der Waals surface area contributed by atoms with Gasteiger partial charge in [0, 0.05) is 20.7 Å². The molecule has 0 saturated carbocycles. The molecule has 2 aromatic carbocycles. The van der Waals surface area contributed by atoms with Crippen LogP contribution in [0.5, 0.6) is 5.75 Å². The van der Waals surface area contributed by atoms with Gasteiger partial charge >= 0.3 is 0 Å². The summed E-state index contributed by atoms with van der Waals surface area (Å²) in [6, 6.07) is 14.6. The first-order valence-electron chi connectivity index (χ1n) is 7.02. The van der Waals surface area contributed by atoms with Crippen LogP contribution < -0.4 is 10.5 Å². The zero-order valence-electron chi connectivity index (χ0n) is 11.9. The SMILES string of the molecule is COc1ccc2c(c1)C(N)C(Sc1ccccc1Br)CC2. The predicted molar refractivity (Wildman–Crippen MR) is 92.0 cm³/mol. The third-order valence-electron chi connectivity index (χ3n) is 3.93. The van der Waals surface area contributed by atoms with Gasteiger partial charge in [-0.25, -0.2) is 0 Å². The number of hydrogen-bond acceptors (Lipinski definition) is 3. The molecule has 0 saturated heterocycles. The van der Waals surface area contributed by atoms with Crippen molar-refractivity contribution in [3.05, 3.63) is 58.1 Å². The minimum atomic E-state index is 0.0426. The highest BCUT2D eigenvalue weighted by molar-refractivity contribution is 9.10. The third-order valence-corrected chi connectivity index (χ3v) is 6.32. The largest absolute Gasteiger partial charge is 0.497 e. The van der Waals surface area contributed by atoms with Gasteiger partial charge in [-0.2, -0.15) is 0 Å². The van der Waals surface area contributed by atoms with Crippen molar-refractivity contribution in [3.8, 4) is 5.75 Å². The van der Waals surface area contributed by atoms with Crippen molar-refractivity contribution >= 4 is 27.7 Å². The standard InChI is InChI=1S/C17H18BrNOS/c1-20-12-8-6-11-7-9-16(17(19)13(11)10-12)21-15-5-3-2-4-14(15)18/h2-6,8,10,16-17H,7,9,19H2,1H3. The monoisotopic (exact) mass is 363 g/mol. The molecular formula is C17H18BrNOS. The summed E-state index contributed by atoms with van der Waals surface area (Å²) in [5.41, 5.74) is 9.10. The van der Waals surface area contributed by atoms with E-state index in [1.54, 1.807) is 7.11 Å². The predicted octanol–water partition coefficient (Wildman–Crippen LogP) is 4.56. The zero-order valence-corrected chi connectivity index (χ0v) is 14.3. The summed E-state index contributed by atoms with van der Waals surface area (Å²) in [4.78, 5) is 1.25. The van der Waals surface area contributed by atoms with E-state index in [1.165, 1.54) is 16.0 Å². The van der Waals surface area contributed by atoms with Gasteiger partial charge in [0.2, 0.25) is 0 Å². The molecule has 0 amide bonds. The van der Waals surface area contributed by atoms with Gasteiger partial charge in [-0.15, -0.1) is 11.8 Å². The molecule has 1 aliphatic rings. The third kappa shape index (κ3) is 3.12. The first kappa shape index (κ1) is 14.9. The molecule has 4 heteroatoms. The first-order chi connectivity index (χ1) is 10.2. The zero-order chi connectivity index (χ0) is 14.8. The minimum absolute atomic E-state index is 0.0426. The van der Waals surface area contributed by atoms with Crippen LogP contribution in [-0.4, -0.2) is 12.4 Å². The Morgan fingerprint density at radius 1 is 1.24 bits per heavy atom. The molecule has 0 bridgehead atoms. The quantitative estimate of drug-likeness (QED) is 0.867. The maximum Gasteiger partial charge on any atom is 0.119 e. The summed E-state index contributed by atoms with van der Waals surface area (Å²) in [5, 5.41) is 0.392. The van der Waals surface area contributed by atoms with Crippen molar-refractivity contribution in [3.63, 3.8) is 0 Å². The molecule has 0 spiro atoms. The lowest BCUT2D eigenvalue weighted by molar-refractivity contribution is 0.412. The fourth-order valence-electron chi connectivity index (χ4n) is 2.75. The van der Waals surface area contributed by atoms with E-state index in [0.717, 1.165) is 23.1 Å². The van der Waals surface area contributed by atoms with Crippen LogP contribution in [-0.2, 0) is 6.42 Å². The molecule has 1 aliphatic carbocycles. The van der Waals surface area contributed by atoms with Gasteiger partial charge in [0.1, 0.15) is 5.75 Å². The van der Waals surface area contributed by atoms with Gasteiger partial charge in [0.25, 0.3) is 0 Å². The van der Waals surface area contributed by atoms with E-state index >= 15 is 0 Å². The van der Waals surface area contributed by atoms with Crippen molar-refractivity contribution in [2.24, 2.45) is 5.73 Å². The number of fused-ring (bicyclic) bond motifs is 1. The Kier molecular flexibility index (Phi) is 4.57. The smallest absolute Gasteiger partial charge is 0.119 e. The summed E-state index contributed by atoms with van der Waals surface area (Å²) in [7, 11) is 1.70. The van der Waals surface area contributed by atoms with E-state index < -0.39 is 0 Å². The topological polar surface area (TPSA) is 35.2 Å². The lowest BCUT2D eigenvalue weighted by Gasteiger charge is -2.31. The van der Waals surface area contributed by atoms with E-state index in [1.807, 2.05) is 23.9 Å². The van der Waals surface area contributed by atoms with E-state index in [0.29, 0.717) is 5.25 Å². The molecule has 2 N–H and O–H groups in total. The van der Waals surface area contributed by atoms with Crippen molar-refractivity contribution in [2.45, 2.75) is 29.0 Å². The second-order valence-electron chi connectivity index (χ2n) is 5.22. The fourth-order valence-corrected chi connectivity index (χ4v) is 4.51. The molecule has 0 aromatic heterocycles. The van der Waals surface area contributed by atoms with Gasteiger partial charge < -0.3 is 10.5 Å². The van der Waals surface area contributed by atoms with Gasteiger partial charge in [0.05, 0.1) is 7.11 Å². The summed E-state index contributed by atoms with van der Waals surface area (Å²) >= 11 is 5.48. The second-order valence-corrected chi connectivity index (χ2v) is 7.35. The summed E-state index contributed by atoms with van der Waals surface area (Å²) < 4.78 is 6.47. The highest BCUT2D eigenvalue weighted by atomic mass is 79.9. The van der Waals surface area contributed by atoms with Crippen molar-refractivity contribution < 1.29 is 4.74 Å². The Balaban J connectivity index is 1.85. The number of nitrogens with two attached hydrogens (primary N) is 1. The Morgan fingerprint density at radius 2 is 2.05 bits per heavy atom. The number of rotatable bonds is 3. The van der Waals surface area contributed by atoms with E-state index in [-0.39, 0.29) is 6.04 Å². The van der Waals surface area contributed by atoms with Gasteiger partial charge in [-0.3, -0.25) is 0 Å². The number of ether oxygens (including phenoxy) is 1. The van der Waals surface area contributed by atoms with Crippen molar-refractivity contribution in [1.29, 1.82) is 0 Å². The van der Waals surface area contributed by atoms with Crippen molar-refractivity contribution in [2.75, 3.05) is 7.11 Å². The van der Waals surface area contributed by atoms with E-state index in [2.05, 4.69) is 46.3 Å². The van der Waals surface area contributed by atoms with Crippen LogP contribution in [0.25, 0.3) is 0 Å². The molecule has 2 aromatic rings. The van der Waals surface area contributed by atoms with Crippen LogP contribution in [0.2, 0.25) is 0 Å². The van der Waals surface area contributed by atoms with Crippen LogP contribution in [0.3, 0.4) is 0 Å². The highest BCUT2D eigenvalue weighted by Crippen LogP contribution is 2.41. The Labute approximate surface area is 138 Å². The molecule has 0 aliphatic heterocycles. The Morgan fingerprint density at radius 3 is 2.81 bits per heavy atom.